The zero-order chi connectivity index (χ0) is 10.6. The predicted octanol–water partition coefficient (Wildman–Crippen LogP) is 1.67. The molecule has 0 N–H and O–H groups in total. The maximum absolute atomic E-state index is 10.7. The maximum atomic E-state index is 10.7. The van der Waals surface area contributed by atoms with Gasteiger partial charge in [-0.25, -0.2) is 0 Å². The largest absolute Gasteiger partial charge is 0.468 e. The van der Waals surface area contributed by atoms with Crippen LogP contribution < -0.4 is 0 Å². The summed E-state index contributed by atoms with van der Waals surface area (Å²) in [6.45, 7) is 3.22. The summed E-state index contributed by atoms with van der Waals surface area (Å²) in [7, 11) is 0. The third-order valence-electron chi connectivity index (χ3n) is 1.78. The molecule has 0 aromatic rings. The van der Waals surface area contributed by atoms with Gasteiger partial charge in [-0.3, -0.25) is 9.59 Å². The molecule has 82 valence electrons. The first-order chi connectivity index (χ1) is 6.81. The van der Waals surface area contributed by atoms with Gasteiger partial charge in [-0.1, -0.05) is 6.92 Å². The Hall–Kier alpha value is -1.06. The Morgan fingerprint density at radius 2 is 1.79 bits per heavy atom. The van der Waals surface area contributed by atoms with Crippen LogP contribution in [0.15, 0.2) is 0 Å². The SMILES string of the molecule is CCC(=O)OCCCCCCOC=O. The lowest BCUT2D eigenvalue weighted by molar-refractivity contribution is -0.143. The van der Waals surface area contributed by atoms with Crippen LogP contribution in [0.4, 0.5) is 0 Å². The molecular formula is C10H18O4. The zero-order valence-electron chi connectivity index (χ0n) is 8.66. The summed E-state index contributed by atoms with van der Waals surface area (Å²) in [4.78, 5) is 20.5. The van der Waals surface area contributed by atoms with Crippen molar-refractivity contribution < 1.29 is 19.1 Å². The standard InChI is InChI=1S/C10H18O4/c1-2-10(12)14-8-6-4-3-5-7-13-9-11/h9H,2-8H2,1H3. The molecule has 0 bridgehead atoms. The Balaban J connectivity index is 2.98. The molecule has 0 heterocycles. The Kier molecular flexibility index (Phi) is 9.26. The van der Waals surface area contributed by atoms with Gasteiger partial charge in [0, 0.05) is 6.42 Å². The quantitative estimate of drug-likeness (QED) is 0.324. The van der Waals surface area contributed by atoms with Gasteiger partial charge in [-0.2, -0.15) is 0 Å². The van der Waals surface area contributed by atoms with E-state index in [-0.39, 0.29) is 5.97 Å². The molecule has 0 rings (SSSR count). The molecule has 0 aromatic carbocycles. The summed E-state index contributed by atoms with van der Waals surface area (Å²) in [5.74, 6) is -0.144. The van der Waals surface area contributed by atoms with Crippen LogP contribution in [0.3, 0.4) is 0 Å². The number of esters is 1. The van der Waals surface area contributed by atoms with Gasteiger partial charge in [0.05, 0.1) is 13.2 Å². The van der Waals surface area contributed by atoms with Gasteiger partial charge in [-0.05, 0) is 25.7 Å². The summed E-state index contributed by atoms with van der Waals surface area (Å²) in [5, 5.41) is 0. The van der Waals surface area contributed by atoms with Gasteiger partial charge in [-0.15, -0.1) is 0 Å². The number of rotatable bonds is 9. The molecule has 0 aliphatic rings. The van der Waals surface area contributed by atoms with Crippen molar-refractivity contribution in [2.45, 2.75) is 39.0 Å². The van der Waals surface area contributed by atoms with Crippen molar-refractivity contribution in [2.75, 3.05) is 13.2 Å². The molecule has 0 saturated carbocycles. The van der Waals surface area contributed by atoms with Crippen LogP contribution in [-0.2, 0) is 19.1 Å². The van der Waals surface area contributed by atoms with Gasteiger partial charge < -0.3 is 9.47 Å². The Bertz CT molecular complexity index is 156. The van der Waals surface area contributed by atoms with E-state index in [0.717, 1.165) is 25.7 Å². The van der Waals surface area contributed by atoms with Crippen molar-refractivity contribution in [3.63, 3.8) is 0 Å². The van der Waals surface area contributed by atoms with Gasteiger partial charge in [0.25, 0.3) is 6.47 Å². The molecule has 0 saturated heterocycles. The van der Waals surface area contributed by atoms with Crippen LogP contribution in [0.5, 0.6) is 0 Å². The minimum atomic E-state index is -0.144. The Labute approximate surface area is 84.6 Å². The van der Waals surface area contributed by atoms with Crippen molar-refractivity contribution in [1.29, 1.82) is 0 Å². The monoisotopic (exact) mass is 202 g/mol. The topological polar surface area (TPSA) is 52.6 Å². The number of hydrogen-bond donors (Lipinski definition) is 0. The first-order valence-corrected chi connectivity index (χ1v) is 5.02. The summed E-state index contributed by atoms with van der Waals surface area (Å²) in [6, 6.07) is 0. The summed E-state index contributed by atoms with van der Waals surface area (Å²) >= 11 is 0. The molecule has 0 aliphatic carbocycles. The molecule has 0 aliphatic heterocycles. The highest BCUT2D eigenvalue weighted by molar-refractivity contribution is 5.68. The van der Waals surface area contributed by atoms with Gasteiger partial charge in [0.2, 0.25) is 0 Å². The molecule has 0 aromatic heterocycles. The van der Waals surface area contributed by atoms with Crippen molar-refractivity contribution >= 4 is 12.4 Å². The molecule has 0 fully saturated rings. The molecule has 14 heavy (non-hydrogen) atoms. The Morgan fingerprint density at radius 1 is 1.14 bits per heavy atom. The predicted molar refractivity (Wildman–Crippen MR) is 51.7 cm³/mol. The van der Waals surface area contributed by atoms with Crippen molar-refractivity contribution in [3.8, 4) is 0 Å². The van der Waals surface area contributed by atoms with E-state index in [2.05, 4.69) is 4.74 Å². The first kappa shape index (κ1) is 12.9. The number of carbonyl (C=O) groups excluding carboxylic acids is 2. The average molecular weight is 202 g/mol. The molecule has 0 unspecified atom stereocenters. The molecule has 0 spiro atoms. The van der Waals surface area contributed by atoms with Crippen molar-refractivity contribution in [2.24, 2.45) is 0 Å². The van der Waals surface area contributed by atoms with E-state index in [1.54, 1.807) is 6.92 Å². The highest BCUT2D eigenvalue weighted by Crippen LogP contribution is 2.00. The zero-order valence-corrected chi connectivity index (χ0v) is 8.66. The number of hydrogen-bond acceptors (Lipinski definition) is 4. The van der Waals surface area contributed by atoms with E-state index in [4.69, 9.17) is 4.74 Å². The summed E-state index contributed by atoms with van der Waals surface area (Å²) < 4.78 is 9.42. The smallest absolute Gasteiger partial charge is 0.305 e. The summed E-state index contributed by atoms with van der Waals surface area (Å²) in [6.07, 6.45) is 4.19. The van der Waals surface area contributed by atoms with Crippen molar-refractivity contribution in [1.82, 2.24) is 0 Å². The van der Waals surface area contributed by atoms with E-state index >= 15 is 0 Å². The van der Waals surface area contributed by atoms with E-state index in [1.165, 1.54) is 0 Å². The second-order valence-corrected chi connectivity index (χ2v) is 2.96. The normalized spacial score (nSPS) is 9.50. The second kappa shape index (κ2) is 10.0. The highest BCUT2D eigenvalue weighted by Gasteiger charge is 1.97. The third kappa shape index (κ3) is 9.03. The number of carbonyl (C=O) groups is 2. The van der Waals surface area contributed by atoms with E-state index in [0.29, 0.717) is 26.1 Å². The Morgan fingerprint density at radius 3 is 2.36 bits per heavy atom. The highest BCUT2D eigenvalue weighted by atomic mass is 16.5. The van der Waals surface area contributed by atoms with Crippen LogP contribution in [0.25, 0.3) is 0 Å². The fourth-order valence-corrected chi connectivity index (χ4v) is 0.977. The average Bonchev–Trinajstić information content (AvgIpc) is 2.21. The van der Waals surface area contributed by atoms with Crippen molar-refractivity contribution in [3.05, 3.63) is 0 Å². The van der Waals surface area contributed by atoms with Crippen LogP contribution in [-0.4, -0.2) is 25.7 Å². The van der Waals surface area contributed by atoms with Gasteiger partial charge in [0.15, 0.2) is 0 Å². The minimum absolute atomic E-state index is 0.144. The van der Waals surface area contributed by atoms with Crippen LogP contribution in [0, 0.1) is 0 Å². The first-order valence-electron chi connectivity index (χ1n) is 5.02. The van der Waals surface area contributed by atoms with Gasteiger partial charge >= 0.3 is 5.97 Å². The minimum Gasteiger partial charge on any atom is -0.468 e. The fraction of sp³-hybridized carbons (Fsp3) is 0.800. The molecule has 0 atom stereocenters. The van der Waals surface area contributed by atoms with Crippen LogP contribution in [0.2, 0.25) is 0 Å². The van der Waals surface area contributed by atoms with Gasteiger partial charge in [0.1, 0.15) is 0 Å². The lowest BCUT2D eigenvalue weighted by atomic mass is 10.2. The third-order valence-corrected chi connectivity index (χ3v) is 1.78. The maximum Gasteiger partial charge on any atom is 0.305 e. The number of unbranched alkanes of at least 4 members (excludes halogenated alkanes) is 3. The molecule has 0 radical (unpaired) electrons. The van der Waals surface area contributed by atoms with E-state index in [9.17, 15) is 9.59 Å². The molecule has 4 nitrogen and oxygen atoms in total. The van der Waals surface area contributed by atoms with Crippen LogP contribution in [0.1, 0.15) is 39.0 Å². The van der Waals surface area contributed by atoms with E-state index in [1.807, 2.05) is 0 Å². The number of ether oxygens (including phenoxy) is 2. The van der Waals surface area contributed by atoms with E-state index < -0.39 is 0 Å². The second-order valence-electron chi connectivity index (χ2n) is 2.96. The lowest BCUT2D eigenvalue weighted by Gasteiger charge is -2.02. The lowest BCUT2D eigenvalue weighted by Crippen LogP contribution is -2.03. The van der Waals surface area contributed by atoms with Crippen LogP contribution >= 0.6 is 0 Å². The molecular weight excluding hydrogens is 184 g/mol. The molecule has 4 heteroatoms. The summed E-state index contributed by atoms with van der Waals surface area (Å²) in [5.41, 5.74) is 0. The fourth-order valence-electron chi connectivity index (χ4n) is 0.977. The molecule has 0 amide bonds.